The van der Waals surface area contributed by atoms with Crippen molar-refractivity contribution in [3.63, 3.8) is 0 Å². The molecule has 1 N–H and O–H groups in total. The van der Waals surface area contributed by atoms with Gasteiger partial charge in [0.15, 0.2) is 0 Å². The van der Waals surface area contributed by atoms with E-state index in [1.807, 2.05) is 0 Å². The zero-order valence-corrected chi connectivity index (χ0v) is 8.77. The predicted molar refractivity (Wildman–Crippen MR) is 54.2 cm³/mol. The van der Waals surface area contributed by atoms with Crippen LogP contribution in [-0.2, 0) is 0 Å². The Kier molecular flexibility index (Phi) is 4.07. The molecular formula is C11H23N. The van der Waals surface area contributed by atoms with Crippen molar-refractivity contribution in [2.75, 3.05) is 13.1 Å². The second kappa shape index (κ2) is 4.86. The van der Waals surface area contributed by atoms with Crippen molar-refractivity contribution in [2.24, 2.45) is 17.8 Å². The molecule has 0 aromatic rings. The first-order chi connectivity index (χ1) is 5.79. The van der Waals surface area contributed by atoms with Gasteiger partial charge in [0, 0.05) is 0 Å². The minimum Gasteiger partial charge on any atom is -0.316 e. The number of hydrogen-bond donors (Lipinski definition) is 1. The Hall–Kier alpha value is -0.0400. The molecule has 0 aliphatic carbocycles. The van der Waals surface area contributed by atoms with E-state index in [1.165, 1.54) is 32.4 Å². The van der Waals surface area contributed by atoms with E-state index in [9.17, 15) is 0 Å². The lowest BCUT2D eigenvalue weighted by atomic mass is 9.76. The summed E-state index contributed by atoms with van der Waals surface area (Å²) < 4.78 is 0. The minimum atomic E-state index is 0.889. The fourth-order valence-corrected chi connectivity index (χ4v) is 2.69. The monoisotopic (exact) mass is 169 g/mol. The number of piperidine rings is 1. The maximum atomic E-state index is 3.53. The van der Waals surface area contributed by atoms with E-state index in [2.05, 4.69) is 26.1 Å². The van der Waals surface area contributed by atoms with Crippen molar-refractivity contribution in [1.82, 2.24) is 5.32 Å². The van der Waals surface area contributed by atoms with Crippen LogP contribution in [0.3, 0.4) is 0 Å². The SMILES string of the molecule is CCCC1CNCC(C)C1CC. The molecule has 3 unspecified atom stereocenters. The Morgan fingerprint density at radius 3 is 2.58 bits per heavy atom. The van der Waals surface area contributed by atoms with Gasteiger partial charge in [-0.1, -0.05) is 33.6 Å². The lowest BCUT2D eigenvalue weighted by Crippen LogP contribution is -2.42. The number of hydrogen-bond acceptors (Lipinski definition) is 1. The van der Waals surface area contributed by atoms with E-state index < -0.39 is 0 Å². The molecule has 1 heteroatoms. The first kappa shape index (κ1) is 10.0. The van der Waals surface area contributed by atoms with Crippen LogP contribution >= 0.6 is 0 Å². The molecule has 3 atom stereocenters. The third-order valence-corrected chi connectivity index (χ3v) is 3.34. The smallest absolute Gasteiger partial charge is 0.00176 e. The van der Waals surface area contributed by atoms with E-state index in [-0.39, 0.29) is 0 Å². The molecule has 1 fully saturated rings. The molecule has 0 radical (unpaired) electrons. The Bertz CT molecular complexity index is 120. The molecular weight excluding hydrogens is 146 g/mol. The molecule has 0 amide bonds. The molecule has 1 aliphatic rings. The van der Waals surface area contributed by atoms with Gasteiger partial charge in [-0.25, -0.2) is 0 Å². The molecule has 1 aliphatic heterocycles. The van der Waals surface area contributed by atoms with E-state index in [1.54, 1.807) is 0 Å². The van der Waals surface area contributed by atoms with Crippen molar-refractivity contribution in [2.45, 2.75) is 40.0 Å². The molecule has 1 rings (SSSR count). The predicted octanol–water partition coefficient (Wildman–Crippen LogP) is 2.67. The Morgan fingerprint density at radius 2 is 2.00 bits per heavy atom. The van der Waals surface area contributed by atoms with E-state index in [4.69, 9.17) is 0 Å². The van der Waals surface area contributed by atoms with Gasteiger partial charge in [0.25, 0.3) is 0 Å². The van der Waals surface area contributed by atoms with Crippen LogP contribution < -0.4 is 5.32 Å². The van der Waals surface area contributed by atoms with Crippen molar-refractivity contribution in [3.05, 3.63) is 0 Å². The molecule has 0 spiro atoms. The average molecular weight is 169 g/mol. The Labute approximate surface area is 76.9 Å². The number of nitrogens with one attached hydrogen (secondary N) is 1. The van der Waals surface area contributed by atoms with E-state index >= 15 is 0 Å². The lowest BCUT2D eigenvalue weighted by Gasteiger charge is -2.36. The molecule has 0 saturated carbocycles. The van der Waals surface area contributed by atoms with Gasteiger partial charge in [-0.05, 0) is 37.3 Å². The second-order valence-electron chi connectivity index (χ2n) is 4.26. The van der Waals surface area contributed by atoms with Crippen LogP contribution in [0.5, 0.6) is 0 Å². The summed E-state index contributed by atoms with van der Waals surface area (Å²) in [5.41, 5.74) is 0. The normalized spacial score (nSPS) is 36.8. The fourth-order valence-electron chi connectivity index (χ4n) is 2.69. The van der Waals surface area contributed by atoms with Gasteiger partial charge < -0.3 is 5.32 Å². The van der Waals surface area contributed by atoms with Crippen molar-refractivity contribution in [1.29, 1.82) is 0 Å². The summed E-state index contributed by atoms with van der Waals surface area (Å²) >= 11 is 0. The maximum absolute atomic E-state index is 3.53. The van der Waals surface area contributed by atoms with Gasteiger partial charge in [-0.15, -0.1) is 0 Å². The van der Waals surface area contributed by atoms with Crippen LogP contribution in [0.4, 0.5) is 0 Å². The standard InChI is InChI=1S/C11H23N/c1-4-6-10-8-12-7-9(3)11(10)5-2/h9-12H,4-8H2,1-3H3. The van der Waals surface area contributed by atoms with Gasteiger partial charge in [0.05, 0.1) is 0 Å². The van der Waals surface area contributed by atoms with Gasteiger partial charge in [-0.2, -0.15) is 0 Å². The molecule has 0 bridgehead atoms. The van der Waals surface area contributed by atoms with Gasteiger partial charge in [0.1, 0.15) is 0 Å². The second-order valence-corrected chi connectivity index (χ2v) is 4.26. The van der Waals surface area contributed by atoms with Crippen LogP contribution in [0.15, 0.2) is 0 Å². The molecule has 0 aromatic heterocycles. The molecule has 72 valence electrons. The summed E-state index contributed by atoms with van der Waals surface area (Å²) in [5.74, 6) is 2.82. The third-order valence-electron chi connectivity index (χ3n) is 3.34. The summed E-state index contributed by atoms with van der Waals surface area (Å²) in [6, 6.07) is 0. The van der Waals surface area contributed by atoms with Gasteiger partial charge >= 0.3 is 0 Å². The van der Waals surface area contributed by atoms with E-state index in [0.717, 1.165) is 17.8 Å². The first-order valence-corrected chi connectivity index (χ1v) is 5.50. The highest BCUT2D eigenvalue weighted by Gasteiger charge is 2.27. The molecule has 1 saturated heterocycles. The summed E-state index contributed by atoms with van der Waals surface area (Å²) in [7, 11) is 0. The summed E-state index contributed by atoms with van der Waals surface area (Å²) in [5, 5.41) is 3.53. The zero-order chi connectivity index (χ0) is 8.97. The summed E-state index contributed by atoms with van der Waals surface area (Å²) in [6.45, 7) is 9.53. The topological polar surface area (TPSA) is 12.0 Å². The highest BCUT2D eigenvalue weighted by atomic mass is 14.9. The van der Waals surface area contributed by atoms with Crippen molar-refractivity contribution < 1.29 is 0 Å². The van der Waals surface area contributed by atoms with Crippen LogP contribution in [0.25, 0.3) is 0 Å². The van der Waals surface area contributed by atoms with Crippen LogP contribution in [-0.4, -0.2) is 13.1 Å². The molecule has 1 heterocycles. The zero-order valence-electron chi connectivity index (χ0n) is 8.77. The number of rotatable bonds is 3. The Morgan fingerprint density at radius 1 is 1.25 bits per heavy atom. The van der Waals surface area contributed by atoms with Crippen LogP contribution in [0.2, 0.25) is 0 Å². The lowest BCUT2D eigenvalue weighted by molar-refractivity contribution is 0.167. The minimum absolute atomic E-state index is 0.889. The first-order valence-electron chi connectivity index (χ1n) is 5.50. The highest BCUT2D eigenvalue weighted by Crippen LogP contribution is 2.30. The third kappa shape index (κ3) is 2.22. The molecule has 1 nitrogen and oxygen atoms in total. The highest BCUT2D eigenvalue weighted by molar-refractivity contribution is 4.81. The van der Waals surface area contributed by atoms with E-state index in [0.29, 0.717) is 0 Å². The quantitative estimate of drug-likeness (QED) is 0.685. The average Bonchev–Trinajstić information content (AvgIpc) is 2.05. The molecule has 0 aromatic carbocycles. The van der Waals surface area contributed by atoms with Gasteiger partial charge in [-0.3, -0.25) is 0 Å². The summed E-state index contributed by atoms with van der Waals surface area (Å²) in [6.07, 6.45) is 4.12. The van der Waals surface area contributed by atoms with Crippen molar-refractivity contribution in [3.8, 4) is 0 Å². The van der Waals surface area contributed by atoms with Gasteiger partial charge in [0.2, 0.25) is 0 Å². The van der Waals surface area contributed by atoms with Crippen LogP contribution in [0, 0.1) is 17.8 Å². The fraction of sp³-hybridized carbons (Fsp3) is 1.00. The Balaban J connectivity index is 2.45. The van der Waals surface area contributed by atoms with Crippen LogP contribution in [0.1, 0.15) is 40.0 Å². The largest absolute Gasteiger partial charge is 0.316 e. The van der Waals surface area contributed by atoms with Crippen molar-refractivity contribution >= 4 is 0 Å². The maximum Gasteiger partial charge on any atom is -0.00176 e. The molecule has 12 heavy (non-hydrogen) atoms. The summed E-state index contributed by atoms with van der Waals surface area (Å²) in [4.78, 5) is 0.